The molecule has 1 aliphatic rings. The molecule has 1 heterocycles. The van der Waals surface area contributed by atoms with Crippen LogP contribution in [0.25, 0.3) is 0 Å². The van der Waals surface area contributed by atoms with E-state index in [4.69, 9.17) is 0 Å². The van der Waals surface area contributed by atoms with Gasteiger partial charge in [0, 0.05) is 31.1 Å². The lowest BCUT2D eigenvalue weighted by atomic mass is 9.88. The van der Waals surface area contributed by atoms with E-state index in [-0.39, 0.29) is 0 Å². The third kappa shape index (κ3) is 4.66. The molecule has 0 spiro atoms. The molecule has 0 aliphatic carbocycles. The highest BCUT2D eigenvalue weighted by Gasteiger charge is 2.12. The van der Waals surface area contributed by atoms with E-state index in [1.54, 1.807) is 0 Å². The van der Waals surface area contributed by atoms with Gasteiger partial charge in [-0.15, -0.1) is 0 Å². The van der Waals surface area contributed by atoms with Gasteiger partial charge in [0.15, 0.2) is 0 Å². The fourth-order valence-corrected chi connectivity index (χ4v) is 3.37. The Bertz CT molecular complexity index is 358. The quantitative estimate of drug-likeness (QED) is 0.815. The molecule has 100 valence electrons. The number of nitrogens with zero attached hydrogens (tertiary/aromatic N) is 1. The highest BCUT2D eigenvalue weighted by Crippen LogP contribution is 2.21. The van der Waals surface area contributed by atoms with Gasteiger partial charge in [0.2, 0.25) is 0 Å². The zero-order valence-electron chi connectivity index (χ0n) is 11.9. The first kappa shape index (κ1) is 14.0. The van der Waals surface area contributed by atoms with Gasteiger partial charge in [0.1, 0.15) is 0 Å². The van der Waals surface area contributed by atoms with E-state index in [0.717, 1.165) is 13.0 Å². The molecule has 1 aromatic rings. The van der Waals surface area contributed by atoms with Gasteiger partial charge < -0.3 is 0 Å². The van der Waals surface area contributed by atoms with Crippen LogP contribution < -0.4 is 0 Å². The maximum Gasteiger partial charge on any atom is 0.0234 e. The molecule has 18 heavy (non-hydrogen) atoms. The van der Waals surface area contributed by atoms with E-state index in [2.05, 4.69) is 61.7 Å². The molecule has 0 N–H and O–H groups in total. The first-order valence-electron chi connectivity index (χ1n) is 6.91. The minimum atomic E-state index is 0.381. The Morgan fingerprint density at radius 3 is 2.11 bits per heavy atom. The number of hydrogen-bond donors (Lipinski definition) is 0. The average Bonchev–Trinajstić information content (AvgIpc) is 2.31. The van der Waals surface area contributed by atoms with Crippen molar-refractivity contribution in [2.75, 3.05) is 24.6 Å². The van der Waals surface area contributed by atoms with Crippen LogP contribution in [0.2, 0.25) is 0 Å². The molecule has 1 aromatic carbocycles. The zero-order chi connectivity index (χ0) is 13.0. The fraction of sp³-hybridized carbons (Fsp3) is 0.625. The van der Waals surface area contributed by atoms with E-state index < -0.39 is 0 Å². The number of hydrogen-bond acceptors (Lipinski definition) is 2. The van der Waals surface area contributed by atoms with Gasteiger partial charge in [0.05, 0.1) is 0 Å². The third-order valence-corrected chi connectivity index (χ3v) is 4.21. The van der Waals surface area contributed by atoms with E-state index in [9.17, 15) is 0 Å². The second kappa shape index (κ2) is 6.12. The molecule has 1 aliphatic heterocycles. The summed E-state index contributed by atoms with van der Waals surface area (Å²) >= 11 is 2.08. The summed E-state index contributed by atoms with van der Waals surface area (Å²) in [5, 5.41) is 0. The van der Waals surface area contributed by atoms with E-state index in [1.807, 2.05) is 0 Å². The highest BCUT2D eigenvalue weighted by molar-refractivity contribution is 7.99. The van der Waals surface area contributed by atoms with Crippen LogP contribution in [0.5, 0.6) is 0 Å². The van der Waals surface area contributed by atoms with Crippen molar-refractivity contribution in [3.63, 3.8) is 0 Å². The van der Waals surface area contributed by atoms with Crippen molar-refractivity contribution >= 4 is 11.8 Å². The molecule has 0 radical (unpaired) electrons. The molecule has 0 aromatic heterocycles. The van der Waals surface area contributed by atoms with Gasteiger partial charge >= 0.3 is 0 Å². The monoisotopic (exact) mass is 263 g/mol. The van der Waals surface area contributed by atoms with Crippen LogP contribution >= 0.6 is 11.8 Å². The van der Waals surface area contributed by atoms with Crippen LogP contribution in [0, 0.1) is 5.41 Å². The molecule has 1 fully saturated rings. The average molecular weight is 263 g/mol. The van der Waals surface area contributed by atoms with Crippen LogP contribution in [0.4, 0.5) is 0 Å². The molecule has 0 bridgehead atoms. The normalized spacial score (nSPS) is 17.9. The molecule has 0 amide bonds. The molecule has 0 unspecified atom stereocenters. The van der Waals surface area contributed by atoms with Crippen molar-refractivity contribution in [3.8, 4) is 0 Å². The first-order valence-corrected chi connectivity index (χ1v) is 8.06. The highest BCUT2D eigenvalue weighted by atomic mass is 32.2. The fourth-order valence-electron chi connectivity index (χ4n) is 2.39. The van der Waals surface area contributed by atoms with Crippen molar-refractivity contribution in [2.45, 2.75) is 33.7 Å². The molecule has 1 saturated heterocycles. The van der Waals surface area contributed by atoms with E-state index in [0.29, 0.717) is 5.41 Å². The van der Waals surface area contributed by atoms with Crippen LogP contribution in [0.15, 0.2) is 24.3 Å². The molecule has 0 saturated carbocycles. The predicted octanol–water partition coefficient (Wildman–Crippen LogP) is 3.82. The Morgan fingerprint density at radius 1 is 1.00 bits per heavy atom. The van der Waals surface area contributed by atoms with Crippen molar-refractivity contribution in [1.29, 1.82) is 0 Å². The molecular formula is C16H25NS. The summed E-state index contributed by atoms with van der Waals surface area (Å²) in [6.07, 6.45) is 1.16. The van der Waals surface area contributed by atoms with Crippen LogP contribution in [0.3, 0.4) is 0 Å². The van der Waals surface area contributed by atoms with Crippen LogP contribution in [0.1, 0.15) is 31.9 Å². The van der Waals surface area contributed by atoms with Crippen molar-refractivity contribution < 1.29 is 0 Å². The Morgan fingerprint density at radius 2 is 1.56 bits per heavy atom. The van der Waals surface area contributed by atoms with Crippen molar-refractivity contribution in [1.82, 2.24) is 4.90 Å². The third-order valence-electron chi connectivity index (χ3n) is 3.27. The predicted molar refractivity (Wildman–Crippen MR) is 82.2 cm³/mol. The van der Waals surface area contributed by atoms with Crippen LogP contribution in [-0.2, 0) is 13.0 Å². The summed E-state index contributed by atoms with van der Waals surface area (Å²) < 4.78 is 0. The van der Waals surface area contributed by atoms with Gasteiger partial charge in [-0.2, -0.15) is 11.8 Å². The summed E-state index contributed by atoms with van der Waals surface area (Å²) in [5.74, 6) is 2.59. The summed E-state index contributed by atoms with van der Waals surface area (Å²) in [6.45, 7) is 10.5. The summed E-state index contributed by atoms with van der Waals surface area (Å²) in [5.41, 5.74) is 3.30. The Labute approximate surface area is 116 Å². The maximum atomic E-state index is 2.56. The second-order valence-electron chi connectivity index (χ2n) is 6.44. The van der Waals surface area contributed by atoms with Gasteiger partial charge in [-0.25, -0.2) is 0 Å². The topological polar surface area (TPSA) is 3.24 Å². The summed E-state index contributed by atoms with van der Waals surface area (Å²) in [7, 11) is 0. The number of thioether (sulfide) groups is 1. The van der Waals surface area contributed by atoms with Crippen molar-refractivity contribution in [3.05, 3.63) is 35.4 Å². The number of benzene rings is 1. The molecule has 0 atom stereocenters. The summed E-state index contributed by atoms with van der Waals surface area (Å²) in [6, 6.07) is 9.23. The molecule has 2 rings (SSSR count). The van der Waals surface area contributed by atoms with Gasteiger partial charge in [-0.1, -0.05) is 45.0 Å². The van der Waals surface area contributed by atoms with Crippen molar-refractivity contribution in [2.24, 2.45) is 5.41 Å². The zero-order valence-corrected chi connectivity index (χ0v) is 12.7. The Hall–Kier alpha value is -0.470. The van der Waals surface area contributed by atoms with Gasteiger partial charge in [-0.3, -0.25) is 4.90 Å². The van der Waals surface area contributed by atoms with Gasteiger partial charge in [0.25, 0.3) is 0 Å². The maximum absolute atomic E-state index is 2.56. The standard InChI is InChI=1S/C16H25NS/c1-16(2,3)12-14-4-6-15(7-5-14)13-17-8-10-18-11-9-17/h4-7H,8-13H2,1-3H3. The summed E-state index contributed by atoms with van der Waals surface area (Å²) in [4.78, 5) is 2.56. The largest absolute Gasteiger partial charge is 0.297 e. The van der Waals surface area contributed by atoms with Gasteiger partial charge in [-0.05, 0) is 23.0 Å². The molecule has 1 nitrogen and oxygen atoms in total. The Kier molecular flexibility index (Phi) is 4.74. The lowest BCUT2D eigenvalue weighted by Crippen LogP contribution is -2.31. The van der Waals surface area contributed by atoms with E-state index in [1.165, 1.54) is 35.7 Å². The SMILES string of the molecule is CC(C)(C)Cc1ccc(CN2CCSCC2)cc1. The lowest BCUT2D eigenvalue weighted by molar-refractivity contribution is 0.294. The number of rotatable bonds is 3. The molecule has 2 heteroatoms. The minimum Gasteiger partial charge on any atom is -0.297 e. The molecular weight excluding hydrogens is 238 g/mol. The lowest BCUT2D eigenvalue weighted by Gasteiger charge is -2.26. The second-order valence-corrected chi connectivity index (χ2v) is 7.67. The van der Waals surface area contributed by atoms with E-state index >= 15 is 0 Å². The minimum absolute atomic E-state index is 0.381. The first-order chi connectivity index (χ1) is 8.53. The smallest absolute Gasteiger partial charge is 0.0234 e. The van der Waals surface area contributed by atoms with Crippen LogP contribution in [-0.4, -0.2) is 29.5 Å². The Balaban J connectivity index is 1.90.